The summed E-state index contributed by atoms with van der Waals surface area (Å²) in [6.45, 7) is 9.29. The average Bonchev–Trinajstić information content (AvgIpc) is 3.00. The number of rotatable bonds is 8. The van der Waals surface area contributed by atoms with Crippen molar-refractivity contribution in [3.8, 4) is 11.5 Å². The summed E-state index contributed by atoms with van der Waals surface area (Å²) in [7, 11) is 1.62. The first-order chi connectivity index (χ1) is 21.1. The number of carbonyl (C=O) groups is 1. The molecule has 2 fully saturated rings. The molecule has 7 heteroatoms. The number of halogens is 1. The second-order valence-electron chi connectivity index (χ2n) is 13.2. The molecule has 4 atom stereocenters. The van der Waals surface area contributed by atoms with Crippen LogP contribution in [0.1, 0.15) is 88.1 Å². The predicted octanol–water partition coefficient (Wildman–Crippen LogP) is 7.68. The van der Waals surface area contributed by atoms with Gasteiger partial charge in [0.15, 0.2) is 11.5 Å². The first-order valence-electron chi connectivity index (χ1n) is 16.1. The minimum atomic E-state index is -0.945. The van der Waals surface area contributed by atoms with E-state index in [0.29, 0.717) is 28.6 Å². The molecule has 1 amide bonds. The van der Waals surface area contributed by atoms with Gasteiger partial charge in [0, 0.05) is 22.8 Å². The lowest BCUT2D eigenvalue weighted by atomic mass is 9.69. The molecule has 44 heavy (non-hydrogen) atoms. The third-order valence-electron chi connectivity index (χ3n) is 10.2. The van der Waals surface area contributed by atoms with Gasteiger partial charge in [0.1, 0.15) is 0 Å². The van der Waals surface area contributed by atoms with Crippen molar-refractivity contribution in [2.75, 3.05) is 18.6 Å². The molecule has 0 radical (unpaired) electrons. The van der Waals surface area contributed by atoms with Gasteiger partial charge in [0.25, 0.3) is 0 Å². The zero-order chi connectivity index (χ0) is 31.2. The summed E-state index contributed by atoms with van der Waals surface area (Å²) in [5.74, 6) is 1.47. The van der Waals surface area contributed by atoms with Gasteiger partial charge in [-0.2, -0.15) is 0 Å². The van der Waals surface area contributed by atoms with Gasteiger partial charge in [0.05, 0.1) is 31.3 Å². The zero-order valence-corrected chi connectivity index (χ0v) is 27.3. The van der Waals surface area contributed by atoms with Crippen LogP contribution in [0.5, 0.6) is 11.5 Å². The molecule has 3 aliphatic rings. The van der Waals surface area contributed by atoms with E-state index in [9.17, 15) is 9.90 Å². The van der Waals surface area contributed by atoms with Gasteiger partial charge in [-0.1, -0.05) is 49.2 Å². The predicted molar refractivity (Wildman–Crippen MR) is 176 cm³/mol. The Morgan fingerprint density at radius 3 is 2.25 bits per heavy atom. The van der Waals surface area contributed by atoms with Crippen LogP contribution in [0.15, 0.2) is 60.7 Å². The van der Waals surface area contributed by atoms with Crippen molar-refractivity contribution in [3.05, 3.63) is 87.9 Å². The Hall–Kier alpha value is -3.06. The topological polar surface area (TPSA) is 62.2 Å². The number of hydrogen-bond donors (Lipinski definition) is 1. The highest BCUT2D eigenvalue weighted by Crippen LogP contribution is 2.47. The molecule has 6 rings (SSSR count). The number of ether oxygens (including phenoxy) is 2. The van der Waals surface area contributed by atoms with Crippen molar-refractivity contribution in [1.82, 2.24) is 4.90 Å². The summed E-state index contributed by atoms with van der Waals surface area (Å²) in [4.78, 5) is 18.5. The van der Waals surface area contributed by atoms with Gasteiger partial charge >= 0.3 is 0 Å². The number of anilines is 1. The highest BCUT2D eigenvalue weighted by molar-refractivity contribution is 6.30. The van der Waals surface area contributed by atoms with Crippen LogP contribution in [0.3, 0.4) is 0 Å². The van der Waals surface area contributed by atoms with E-state index in [0.717, 1.165) is 47.3 Å². The van der Waals surface area contributed by atoms with Crippen LogP contribution in [0, 0.1) is 5.92 Å². The third-order valence-corrected chi connectivity index (χ3v) is 10.4. The van der Waals surface area contributed by atoms with Crippen LogP contribution in [0.4, 0.5) is 5.69 Å². The maximum Gasteiger partial charge on any atom is 0.232 e. The molecule has 3 aliphatic heterocycles. The minimum Gasteiger partial charge on any atom is -0.493 e. The molecular formula is C37H45ClN2O4. The Morgan fingerprint density at radius 1 is 1.00 bits per heavy atom. The number of amides is 1. The highest BCUT2D eigenvalue weighted by Gasteiger charge is 2.45. The summed E-state index contributed by atoms with van der Waals surface area (Å²) in [5, 5.41) is 12.6. The van der Waals surface area contributed by atoms with E-state index in [-0.39, 0.29) is 30.4 Å². The number of carbonyl (C=O) groups excluding carboxylic acids is 1. The van der Waals surface area contributed by atoms with Crippen LogP contribution >= 0.6 is 11.6 Å². The largest absolute Gasteiger partial charge is 0.493 e. The Kier molecular flexibility index (Phi) is 8.71. The lowest BCUT2D eigenvalue weighted by Gasteiger charge is -2.51. The summed E-state index contributed by atoms with van der Waals surface area (Å²) in [6, 6.07) is 20.4. The third kappa shape index (κ3) is 5.73. The van der Waals surface area contributed by atoms with Gasteiger partial charge in [-0.15, -0.1) is 0 Å². The quantitative estimate of drug-likeness (QED) is 0.281. The molecule has 0 spiro atoms. The van der Waals surface area contributed by atoms with E-state index < -0.39 is 5.60 Å². The Labute approximate surface area is 266 Å². The molecule has 0 aromatic heterocycles. The van der Waals surface area contributed by atoms with Gasteiger partial charge in [0.2, 0.25) is 5.91 Å². The van der Waals surface area contributed by atoms with E-state index in [1.807, 2.05) is 86.3 Å². The van der Waals surface area contributed by atoms with Crippen LogP contribution in [-0.4, -0.2) is 47.8 Å². The first kappa shape index (κ1) is 30.9. The van der Waals surface area contributed by atoms with Crippen molar-refractivity contribution in [1.29, 1.82) is 0 Å². The number of fused-ring (bicyclic) bond motifs is 3. The van der Waals surface area contributed by atoms with Crippen molar-refractivity contribution in [2.45, 2.75) is 96.1 Å². The smallest absolute Gasteiger partial charge is 0.232 e. The molecule has 2 saturated heterocycles. The van der Waals surface area contributed by atoms with Crippen LogP contribution in [0.25, 0.3) is 0 Å². The van der Waals surface area contributed by atoms with E-state index in [1.165, 1.54) is 19.3 Å². The Bertz CT molecular complexity index is 1470. The fourth-order valence-electron chi connectivity index (χ4n) is 7.98. The number of nitrogens with zero attached hydrogens (tertiary/aromatic N) is 2. The summed E-state index contributed by atoms with van der Waals surface area (Å²) < 4.78 is 11.8. The van der Waals surface area contributed by atoms with E-state index >= 15 is 0 Å². The Morgan fingerprint density at radius 2 is 1.66 bits per heavy atom. The maximum absolute atomic E-state index is 13.9. The molecule has 3 aromatic rings. The Balaban J connectivity index is 1.36. The number of piperidine rings is 2. The number of methoxy groups -OCH3 is 1. The van der Waals surface area contributed by atoms with Crippen molar-refractivity contribution < 1.29 is 19.4 Å². The molecule has 3 aromatic carbocycles. The van der Waals surface area contributed by atoms with Crippen LogP contribution in [-0.2, 0) is 16.8 Å². The average molecular weight is 617 g/mol. The lowest BCUT2D eigenvalue weighted by molar-refractivity contribution is -0.118. The number of hydrogen-bond acceptors (Lipinski definition) is 5. The summed E-state index contributed by atoms with van der Waals surface area (Å²) in [5.41, 5.74) is 3.62. The molecular weight excluding hydrogens is 572 g/mol. The first-order valence-corrected chi connectivity index (χ1v) is 16.5. The minimum absolute atomic E-state index is 0.00342. The fourth-order valence-corrected chi connectivity index (χ4v) is 8.10. The normalized spacial score (nSPS) is 25.0. The number of benzene rings is 3. The molecule has 2 bridgehead atoms. The van der Waals surface area contributed by atoms with Gasteiger partial charge < -0.3 is 19.5 Å². The fraction of sp³-hybridized carbons (Fsp3) is 0.486. The van der Waals surface area contributed by atoms with Crippen molar-refractivity contribution in [2.24, 2.45) is 5.92 Å². The molecule has 6 nitrogen and oxygen atoms in total. The van der Waals surface area contributed by atoms with Gasteiger partial charge in [-0.3, -0.25) is 9.69 Å². The van der Waals surface area contributed by atoms with Crippen molar-refractivity contribution in [3.63, 3.8) is 0 Å². The highest BCUT2D eigenvalue weighted by atomic mass is 35.5. The second-order valence-corrected chi connectivity index (χ2v) is 13.6. The van der Waals surface area contributed by atoms with Gasteiger partial charge in [-0.05, 0) is 118 Å². The van der Waals surface area contributed by atoms with Crippen LogP contribution in [0.2, 0.25) is 5.02 Å². The zero-order valence-electron chi connectivity index (χ0n) is 26.6. The van der Waals surface area contributed by atoms with Gasteiger partial charge in [-0.25, -0.2) is 0 Å². The van der Waals surface area contributed by atoms with E-state index in [1.54, 1.807) is 7.11 Å². The summed E-state index contributed by atoms with van der Waals surface area (Å²) in [6.07, 6.45) is 5.97. The maximum atomic E-state index is 13.9. The molecule has 1 N–H and O–H groups in total. The monoisotopic (exact) mass is 616 g/mol. The standard InChI is InChI=1S/C37H45ClN2O4/c1-6-39-30-8-7-9-31(39)21-27(20-30)37(4,42)26-12-16-29(17-13-26)40-35(41)19-25-18-33(43-5)34(44-23(2)3)22-32(25)36(40)24-10-14-28(38)15-11-24/h10-18,22-23,27,30-31,36,42H,6-9,19-21H2,1-5H3/t27?,30?,31?,36-,37?/m0/s1. The summed E-state index contributed by atoms with van der Waals surface area (Å²) >= 11 is 6.28. The molecule has 0 saturated carbocycles. The molecule has 3 unspecified atom stereocenters. The van der Waals surface area contributed by atoms with Crippen LogP contribution < -0.4 is 14.4 Å². The van der Waals surface area contributed by atoms with E-state index in [2.05, 4.69) is 11.8 Å². The van der Waals surface area contributed by atoms with Crippen molar-refractivity contribution >= 4 is 23.2 Å². The lowest BCUT2D eigenvalue weighted by Crippen LogP contribution is -2.54. The SMILES string of the molecule is CCN1C2CCCC1CC(C(C)(O)c1ccc(N3C(=O)Cc4cc(OC)c(OC(C)C)cc4[C@@H]3c3ccc(Cl)cc3)cc1)C2. The molecule has 3 heterocycles. The molecule has 0 aliphatic carbocycles. The van der Waals surface area contributed by atoms with E-state index in [4.69, 9.17) is 21.1 Å². The number of aliphatic hydroxyl groups is 1. The molecule has 234 valence electrons. The second kappa shape index (κ2) is 12.4.